The van der Waals surface area contributed by atoms with Crippen LogP contribution in [0.15, 0.2) is 24.3 Å². The van der Waals surface area contributed by atoms with Gasteiger partial charge in [-0.05, 0) is 12.1 Å². The lowest BCUT2D eigenvalue weighted by molar-refractivity contribution is -0.141. The third-order valence-electron chi connectivity index (χ3n) is 2.14. The smallest absolute Gasteiger partial charge is 0.306 e. The Balaban J connectivity index is 2.47. The molecule has 0 fully saturated rings. The highest BCUT2D eigenvalue weighted by molar-refractivity contribution is 5.92. The van der Waals surface area contributed by atoms with Gasteiger partial charge >= 0.3 is 5.97 Å². The molecule has 0 radical (unpaired) electrons. The van der Waals surface area contributed by atoms with Gasteiger partial charge in [0.2, 0.25) is 5.91 Å². The van der Waals surface area contributed by atoms with Gasteiger partial charge in [0, 0.05) is 18.2 Å². The minimum Gasteiger partial charge on any atom is -0.497 e. The van der Waals surface area contributed by atoms with Crippen molar-refractivity contribution in [2.75, 3.05) is 19.5 Å². The van der Waals surface area contributed by atoms with E-state index in [0.29, 0.717) is 11.4 Å². The summed E-state index contributed by atoms with van der Waals surface area (Å²) in [4.78, 5) is 22.3. The van der Waals surface area contributed by atoms with Crippen molar-refractivity contribution in [3.05, 3.63) is 24.3 Å². The molecule has 92 valence electrons. The van der Waals surface area contributed by atoms with Gasteiger partial charge in [-0.15, -0.1) is 0 Å². The van der Waals surface area contributed by atoms with Crippen molar-refractivity contribution < 1.29 is 19.1 Å². The summed E-state index contributed by atoms with van der Waals surface area (Å²) < 4.78 is 9.47. The third kappa shape index (κ3) is 4.55. The molecule has 0 spiro atoms. The first-order chi connectivity index (χ1) is 8.15. The Kier molecular flexibility index (Phi) is 5.00. The fourth-order valence-electron chi connectivity index (χ4n) is 1.24. The van der Waals surface area contributed by atoms with E-state index in [4.69, 9.17) is 4.74 Å². The standard InChI is InChI=1S/C12H15NO4/c1-16-10-5-3-4-9(8-10)13-11(14)6-7-12(15)17-2/h3-5,8H,6-7H2,1-2H3,(H,13,14). The molecule has 17 heavy (non-hydrogen) atoms. The Labute approximate surface area is 99.7 Å². The molecule has 0 aliphatic heterocycles. The number of nitrogens with one attached hydrogen (secondary N) is 1. The Morgan fingerprint density at radius 1 is 1.24 bits per heavy atom. The highest BCUT2D eigenvalue weighted by Gasteiger charge is 2.07. The highest BCUT2D eigenvalue weighted by Crippen LogP contribution is 2.16. The van der Waals surface area contributed by atoms with Gasteiger partial charge in [0.25, 0.3) is 0 Å². The number of hydrogen-bond donors (Lipinski definition) is 1. The number of ether oxygens (including phenoxy) is 2. The number of rotatable bonds is 5. The summed E-state index contributed by atoms with van der Waals surface area (Å²) in [5, 5.41) is 2.67. The summed E-state index contributed by atoms with van der Waals surface area (Å²) in [5.74, 6) is 0.0326. The molecule has 0 bridgehead atoms. The Morgan fingerprint density at radius 2 is 2.00 bits per heavy atom. The van der Waals surface area contributed by atoms with Crippen LogP contribution in [0.25, 0.3) is 0 Å². The van der Waals surface area contributed by atoms with Crippen LogP contribution in [0.4, 0.5) is 5.69 Å². The quantitative estimate of drug-likeness (QED) is 0.790. The van der Waals surface area contributed by atoms with Crippen molar-refractivity contribution in [1.82, 2.24) is 0 Å². The van der Waals surface area contributed by atoms with E-state index in [2.05, 4.69) is 10.1 Å². The highest BCUT2D eigenvalue weighted by atomic mass is 16.5. The molecule has 1 N–H and O–H groups in total. The summed E-state index contributed by atoms with van der Waals surface area (Å²) in [5.41, 5.74) is 0.638. The molecule has 0 saturated carbocycles. The number of benzene rings is 1. The van der Waals surface area contributed by atoms with Gasteiger partial charge in [0.1, 0.15) is 5.75 Å². The van der Waals surface area contributed by atoms with Crippen molar-refractivity contribution in [2.45, 2.75) is 12.8 Å². The molecule has 1 rings (SSSR count). The number of methoxy groups -OCH3 is 2. The summed E-state index contributed by atoms with van der Waals surface area (Å²) in [6.07, 6.45) is 0.177. The largest absolute Gasteiger partial charge is 0.497 e. The summed E-state index contributed by atoms with van der Waals surface area (Å²) in [6, 6.07) is 7.01. The van der Waals surface area contributed by atoms with Crippen LogP contribution in [0.1, 0.15) is 12.8 Å². The second kappa shape index (κ2) is 6.52. The molecule has 0 atom stereocenters. The van der Waals surface area contributed by atoms with E-state index < -0.39 is 5.97 Å². The van der Waals surface area contributed by atoms with Crippen molar-refractivity contribution in [3.8, 4) is 5.75 Å². The molecule has 0 aliphatic rings. The molecule has 1 amide bonds. The SMILES string of the molecule is COC(=O)CCC(=O)Nc1cccc(OC)c1. The predicted octanol–water partition coefficient (Wildman–Crippen LogP) is 1.59. The van der Waals surface area contributed by atoms with E-state index in [1.54, 1.807) is 31.4 Å². The zero-order chi connectivity index (χ0) is 12.7. The minimum absolute atomic E-state index is 0.0757. The Morgan fingerprint density at radius 3 is 2.65 bits per heavy atom. The van der Waals surface area contributed by atoms with E-state index in [1.807, 2.05) is 0 Å². The van der Waals surface area contributed by atoms with E-state index in [0.717, 1.165) is 0 Å². The van der Waals surface area contributed by atoms with Crippen LogP contribution in [0, 0.1) is 0 Å². The molecule has 5 heteroatoms. The fourth-order valence-corrected chi connectivity index (χ4v) is 1.24. The van der Waals surface area contributed by atoms with Gasteiger partial charge in [0.05, 0.1) is 20.6 Å². The third-order valence-corrected chi connectivity index (χ3v) is 2.14. The maximum absolute atomic E-state index is 11.5. The second-order valence-corrected chi connectivity index (χ2v) is 3.36. The van der Waals surface area contributed by atoms with Crippen LogP contribution in [0.2, 0.25) is 0 Å². The molecule has 1 aromatic rings. The number of anilines is 1. The number of hydrogen-bond acceptors (Lipinski definition) is 4. The van der Waals surface area contributed by atoms with Crippen LogP contribution in [0.3, 0.4) is 0 Å². The monoisotopic (exact) mass is 237 g/mol. The average Bonchev–Trinajstić information content (AvgIpc) is 2.36. The van der Waals surface area contributed by atoms with Crippen LogP contribution in [-0.4, -0.2) is 26.1 Å². The van der Waals surface area contributed by atoms with Crippen molar-refractivity contribution >= 4 is 17.6 Å². The lowest BCUT2D eigenvalue weighted by atomic mass is 10.2. The zero-order valence-electron chi connectivity index (χ0n) is 9.86. The van der Waals surface area contributed by atoms with E-state index in [-0.39, 0.29) is 18.7 Å². The Hall–Kier alpha value is -2.04. The molecule has 0 heterocycles. The molecule has 0 aromatic heterocycles. The first-order valence-electron chi connectivity index (χ1n) is 5.16. The van der Waals surface area contributed by atoms with Crippen molar-refractivity contribution in [1.29, 1.82) is 0 Å². The lowest BCUT2D eigenvalue weighted by Crippen LogP contribution is -2.13. The van der Waals surface area contributed by atoms with Gasteiger partial charge in [-0.3, -0.25) is 9.59 Å². The summed E-state index contributed by atoms with van der Waals surface area (Å²) in [6.45, 7) is 0. The minimum atomic E-state index is -0.397. The van der Waals surface area contributed by atoms with Gasteiger partial charge in [-0.2, -0.15) is 0 Å². The van der Waals surface area contributed by atoms with Gasteiger partial charge < -0.3 is 14.8 Å². The van der Waals surface area contributed by atoms with Crippen LogP contribution < -0.4 is 10.1 Å². The average molecular weight is 237 g/mol. The van der Waals surface area contributed by atoms with Gasteiger partial charge in [-0.1, -0.05) is 6.07 Å². The summed E-state index contributed by atoms with van der Waals surface area (Å²) in [7, 11) is 2.85. The van der Waals surface area contributed by atoms with Crippen molar-refractivity contribution in [2.24, 2.45) is 0 Å². The number of esters is 1. The number of amides is 1. The number of carbonyl (C=O) groups is 2. The lowest BCUT2D eigenvalue weighted by Gasteiger charge is -2.06. The number of carbonyl (C=O) groups excluding carboxylic acids is 2. The van der Waals surface area contributed by atoms with Crippen LogP contribution >= 0.6 is 0 Å². The van der Waals surface area contributed by atoms with Gasteiger partial charge in [-0.25, -0.2) is 0 Å². The molecular weight excluding hydrogens is 222 g/mol. The van der Waals surface area contributed by atoms with Crippen LogP contribution in [0.5, 0.6) is 5.75 Å². The molecule has 5 nitrogen and oxygen atoms in total. The maximum atomic E-state index is 11.5. The van der Waals surface area contributed by atoms with E-state index in [9.17, 15) is 9.59 Å². The molecule has 0 aliphatic carbocycles. The second-order valence-electron chi connectivity index (χ2n) is 3.36. The molecule has 0 unspecified atom stereocenters. The summed E-state index contributed by atoms with van der Waals surface area (Å²) >= 11 is 0. The molecular formula is C12H15NO4. The topological polar surface area (TPSA) is 64.6 Å². The van der Waals surface area contributed by atoms with Crippen molar-refractivity contribution in [3.63, 3.8) is 0 Å². The van der Waals surface area contributed by atoms with Gasteiger partial charge in [0.15, 0.2) is 0 Å². The predicted molar refractivity (Wildman–Crippen MR) is 62.9 cm³/mol. The molecule has 1 aromatic carbocycles. The van der Waals surface area contributed by atoms with E-state index in [1.165, 1.54) is 7.11 Å². The first-order valence-corrected chi connectivity index (χ1v) is 5.16. The first kappa shape index (κ1) is 13.0. The van der Waals surface area contributed by atoms with Crippen LogP contribution in [-0.2, 0) is 14.3 Å². The van der Waals surface area contributed by atoms with E-state index >= 15 is 0 Å². The fraction of sp³-hybridized carbons (Fsp3) is 0.333. The maximum Gasteiger partial charge on any atom is 0.306 e. The zero-order valence-corrected chi connectivity index (χ0v) is 9.86. The normalized spacial score (nSPS) is 9.53. The Bertz CT molecular complexity index is 403. The molecule has 0 saturated heterocycles.